The zero-order valence-corrected chi connectivity index (χ0v) is 27.1. The summed E-state index contributed by atoms with van der Waals surface area (Å²) < 4.78 is 4.81. The van der Waals surface area contributed by atoms with Crippen molar-refractivity contribution in [3.05, 3.63) is 193 Å². The highest BCUT2D eigenvalue weighted by Gasteiger charge is 2.23. The zero-order chi connectivity index (χ0) is 33.0. The van der Waals surface area contributed by atoms with E-state index in [0.29, 0.717) is 5.84 Å². The second-order valence-electron chi connectivity index (χ2n) is 12.7. The van der Waals surface area contributed by atoms with Crippen molar-refractivity contribution in [3.8, 4) is 11.4 Å². The average Bonchev–Trinajstić information content (AvgIpc) is 3.72. The number of para-hydroxylation sites is 3. The first-order valence-corrected chi connectivity index (χ1v) is 17.0. The number of hydrogen-bond donors (Lipinski definition) is 1. The summed E-state index contributed by atoms with van der Waals surface area (Å²) in [6, 6.07) is 62.0. The minimum absolute atomic E-state index is 0.244. The van der Waals surface area contributed by atoms with Crippen LogP contribution in [0.1, 0.15) is 22.9 Å². The summed E-state index contributed by atoms with van der Waals surface area (Å²) in [7, 11) is 0. The third-order valence-corrected chi connectivity index (χ3v) is 9.77. The van der Waals surface area contributed by atoms with Crippen molar-refractivity contribution in [2.24, 2.45) is 9.98 Å². The van der Waals surface area contributed by atoms with Gasteiger partial charge in [-0.3, -0.25) is 0 Å². The molecule has 5 nitrogen and oxygen atoms in total. The highest BCUT2D eigenvalue weighted by atomic mass is 15.2. The van der Waals surface area contributed by atoms with Crippen molar-refractivity contribution >= 4 is 55.3 Å². The molecule has 1 aliphatic rings. The van der Waals surface area contributed by atoms with Crippen molar-refractivity contribution in [1.29, 1.82) is 0 Å². The Bertz CT molecular complexity index is 2760. The van der Waals surface area contributed by atoms with Gasteiger partial charge in [0, 0.05) is 44.0 Å². The molecule has 9 aromatic rings. The van der Waals surface area contributed by atoms with Crippen LogP contribution >= 0.6 is 0 Å². The normalized spacial score (nSPS) is 14.6. The van der Waals surface area contributed by atoms with Crippen LogP contribution in [0.5, 0.6) is 0 Å². The second-order valence-corrected chi connectivity index (χ2v) is 12.7. The summed E-state index contributed by atoms with van der Waals surface area (Å²) in [6.07, 6.45) is -0.244. The molecule has 7 aromatic carbocycles. The second kappa shape index (κ2) is 11.5. The molecule has 0 bridgehead atoms. The van der Waals surface area contributed by atoms with Crippen LogP contribution in [0.2, 0.25) is 0 Å². The predicted octanol–water partition coefficient (Wildman–Crippen LogP) is 10.4. The summed E-state index contributed by atoms with van der Waals surface area (Å²) >= 11 is 0. The van der Waals surface area contributed by atoms with Gasteiger partial charge in [-0.05, 0) is 60.2 Å². The summed E-state index contributed by atoms with van der Waals surface area (Å²) in [4.78, 5) is 10.1. The molecule has 1 atom stereocenters. The van der Waals surface area contributed by atoms with Crippen LogP contribution in [0, 0.1) is 0 Å². The summed E-state index contributed by atoms with van der Waals surface area (Å²) in [6.45, 7) is 0. The monoisotopic (exact) mass is 641 g/mol. The number of nitrogens with one attached hydrogen (secondary N) is 1. The topological polar surface area (TPSA) is 46.6 Å². The fraction of sp³-hybridized carbons (Fsp3) is 0.0222. The molecule has 5 heteroatoms. The molecule has 1 N–H and O–H groups in total. The molecule has 0 fully saturated rings. The number of nitrogens with zero attached hydrogens (tertiary/aromatic N) is 4. The Morgan fingerprint density at radius 3 is 1.78 bits per heavy atom. The zero-order valence-electron chi connectivity index (χ0n) is 27.1. The molecule has 0 spiro atoms. The van der Waals surface area contributed by atoms with E-state index < -0.39 is 0 Å². The fourth-order valence-electron chi connectivity index (χ4n) is 7.52. The molecule has 1 aliphatic heterocycles. The van der Waals surface area contributed by atoms with Gasteiger partial charge in [0.15, 0.2) is 5.84 Å². The van der Waals surface area contributed by atoms with Gasteiger partial charge < -0.3 is 14.5 Å². The van der Waals surface area contributed by atoms with E-state index in [1.54, 1.807) is 0 Å². The van der Waals surface area contributed by atoms with Gasteiger partial charge in [0.05, 0.1) is 22.1 Å². The smallest absolute Gasteiger partial charge is 0.159 e. The predicted molar refractivity (Wildman–Crippen MR) is 207 cm³/mol. The summed E-state index contributed by atoms with van der Waals surface area (Å²) in [5, 5.41) is 8.50. The Morgan fingerprint density at radius 2 is 1.04 bits per heavy atom. The molecule has 0 aliphatic carbocycles. The molecular formula is C45H31N5. The Morgan fingerprint density at radius 1 is 0.440 bits per heavy atom. The molecule has 50 heavy (non-hydrogen) atoms. The van der Waals surface area contributed by atoms with Crippen molar-refractivity contribution < 1.29 is 0 Å². The highest BCUT2D eigenvalue weighted by Crippen LogP contribution is 2.42. The van der Waals surface area contributed by atoms with Gasteiger partial charge in [-0.15, -0.1) is 0 Å². The van der Waals surface area contributed by atoms with E-state index in [0.717, 1.165) is 33.9 Å². The van der Waals surface area contributed by atoms with E-state index in [2.05, 4.69) is 166 Å². The van der Waals surface area contributed by atoms with Crippen molar-refractivity contribution in [3.63, 3.8) is 0 Å². The van der Waals surface area contributed by atoms with Gasteiger partial charge >= 0.3 is 0 Å². The first-order chi connectivity index (χ1) is 24.8. The maximum Gasteiger partial charge on any atom is 0.159 e. The lowest BCUT2D eigenvalue weighted by molar-refractivity contribution is 0.674. The SMILES string of the molecule is c1ccc(C2=NC(c3ccc(-n4c5ccccc5c5ccc6c(c7ccccc7n6-c6ccccc6)c54)cc3)=NC(c3ccccc3)N2)cc1. The van der Waals surface area contributed by atoms with Crippen LogP contribution in [-0.2, 0) is 0 Å². The molecule has 236 valence electrons. The van der Waals surface area contributed by atoms with Gasteiger partial charge in [0.2, 0.25) is 0 Å². The fourth-order valence-corrected chi connectivity index (χ4v) is 7.52. The van der Waals surface area contributed by atoms with Gasteiger partial charge in [-0.1, -0.05) is 121 Å². The van der Waals surface area contributed by atoms with E-state index in [1.807, 2.05) is 24.3 Å². The molecule has 0 saturated heterocycles. The van der Waals surface area contributed by atoms with Crippen LogP contribution in [-0.4, -0.2) is 20.8 Å². The molecule has 0 saturated carbocycles. The lowest BCUT2D eigenvalue weighted by atomic mass is 10.1. The minimum atomic E-state index is -0.244. The molecule has 0 radical (unpaired) electrons. The third-order valence-electron chi connectivity index (χ3n) is 9.77. The van der Waals surface area contributed by atoms with Crippen LogP contribution < -0.4 is 5.32 Å². The van der Waals surface area contributed by atoms with E-state index in [9.17, 15) is 0 Å². The number of amidine groups is 2. The van der Waals surface area contributed by atoms with Crippen LogP contribution in [0.25, 0.3) is 55.0 Å². The molecule has 3 heterocycles. The average molecular weight is 642 g/mol. The molecule has 10 rings (SSSR count). The Hall–Kier alpha value is -6.72. The largest absolute Gasteiger partial charge is 0.344 e. The van der Waals surface area contributed by atoms with Gasteiger partial charge in [0.1, 0.15) is 12.0 Å². The lowest BCUT2D eigenvalue weighted by Crippen LogP contribution is -2.33. The Balaban J connectivity index is 1.17. The van der Waals surface area contributed by atoms with E-state index in [-0.39, 0.29) is 6.17 Å². The van der Waals surface area contributed by atoms with Crippen LogP contribution in [0.3, 0.4) is 0 Å². The Labute approximate surface area is 289 Å². The highest BCUT2D eigenvalue weighted by molar-refractivity contribution is 6.26. The first kappa shape index (κ1) is 28.3. The number of aliphatic imine (C=N–C) groups is 2. The van der Waals surface area contributed by atoms with E-state index in [4.69, 9.17) is 9.98 Å². The quantitative estimate of drug-likeness (QED) is 0.200. The minimum Gasteiger partial charge on any atom is -0.344 e. The number of aromatic nitrogens is 2. The standard InChI is InChI=1S/C45H31N5/c1-4-14-30(15-5-1)43-46-44(31-16-6-2-7-17-31)48-45(47-43)32-24-26-34(27-25-32)50-38-22-12-10-20-35(38)36-28-29-40-41(42(36)50)37-21-11-13-23-39(37)49(40)33-18-8-3-9-19-33/h1-29,43H,(H,46,47,48). The van der Waals surface area contributed by atoms with E-state index >= 15 is 0 Å². The van der Waals surface area contributed by atoms with Gasteiger partial charge in [-0.2, -0.15) is 0 Å². The number of rotatable bonds is 5. The van der Waals surface area contributed by atoms with Gasteiger partial charge in [0.25, 0.3) is 0 Å². The maximum atomic E-state index is 5.11. The summed E-state index contributed by atoms with van der Waals surface area (Å²) in [5.74, 6) is 1.52. The Kier molecular flexibility index (Phi) is 6.49. The molecular weight excluding hydrogens is 611 g/mol. The number of fused-ring (bicyclic) bond motifs is 7. The molecule has 2 aromatic heterocycles. The maximum absolute atomic E-state index is 5.11. The van der Waals surface area contributed by atoms with E-state index in [1.165, 1.54) is 43.6 Å². The lowest BCUT2D eigenvalue weighted by Gasteiger charge is -2.23. The molecule has 0 amide bonds. The van der Waals surface area contributed by atoms with Crippen molar-refractivity contribution in [2.45, 2.75) is 6.17 Å². The van der Waals surface area contributed by atoms with Crippen LogP contribution in [0.15, 0.2) is 186 Å². The number of benzene rings is 7. The van der Waals surface area contributed by atoms with Gasteiger partial charge in [-0.25, -0.2) is 9.98 Å². The summed E-state index contributed by atoms with van der Waals surface area (Å²) in [5.41, 5.74) is 10.1. The first-order valence-electron chi connectivity index (χ1n) is 17.0. The van der Waals surface area contributed by atoms with Crippen molar-refractivity contribution in [1.82, 2.24) is 14.5 Å². The van der Waals surface area contributed by atoms with Crippen LogP contribution in [0.4, 0.5) is 0 Å². The molecule has 1 unspecified atom stereocenters. The third kappa shape index (κ3) is 4.48. The van der Waals surface area contributed by atoms with Crippen molar-refractivity contribution in [2.75, 3.05) is 0 Å². The number of hydrogen-bond acceptors (Lipinski definition) is 3.